The van der Waals surface area contributed by atoms with E-state index in [-0.39, 0.29) is 5.75 Å². The van der Waals surface area contributed by atoms with Gasteiger partial charge < -0.3 is 10.1 Å². The van der Waals surface area contributed by atoms with E-state index in [0.29, 0.717) is 5.56 Å². The maximum absolute atomic E-state index is 13.5. The molecule has 0 aromatic heterocycles. The van der Waals surface area contributed by atoms with Crippen molar-refractivity contribution in [3.63, 3.8) is 0 Å². The summed E-state index contributed by atoms with van der Waals surface area (Å²) in [6, 6.07) is 8.12. The molecule has 0 heterocycles. The molecule has 2 rings (SSSR count). The lowest BCUT2D eigenvalue weighted by atomic mass is 10.1. The smallest absolute Gasteiger partial charge is 0.387 e. The van der Waals surface area contributed by atoms with Crippen LogP contribution in [0, 0.1) is 11.6 Å². The summed E-state index contributed by atoms with van der Waals surface area (Å²) in [5, 5.41) is 2.45. The van der Waals surface area contributed by atoms with Crippen LogP contribution in [0.1, 0.15) is 28.9 Å². The molecule has 1 amide bonds. The van der Waals surface area contributed by atoms with Crippen molar-refractivity contribution in [1.29, 1.82) is 0 Å². The molecule has 2 aromatic carbocycles. The van der Waals surface area contributed by atoms with Gasteiger partial charge in [-0.3, -0.25) is 4.79 Å². The topological polar surface area (TPSA) is 38.3 Å². The Kier molecular flexibility index (Phi) is 5.20. The van der Waals surface area contributed by atoms with Gasteiger partial charge in [0.15, 0.2) is 0 Å². The maximum Gasteiger partial charge on any atom is 0.387 e. The Bertz CT molecular complexity index is 669. The average Bonchev–Trinajstić information content (AvgIpc) is 2.47. The summed E-state index contributed by atoms with van der Waals surface area (Å²) >= 11 is 0. The number of amides is 1. The number of rotatable bonds is 5. The lowest BCUT2D eigenvalue weighted by Gasteiger charge is -2.15. The van der Waals surface area contributed by atoms with E-state index < -0.39 is 35.8 Å². The average molecular weight is 327 g/mol. The van der Waals surface area contributed by atoms with Crippen LogP contribution < -0.4 is 10.1 Å². The second kappa shape index (κ2) is 7.13. The van der Waals surface area contributed by atoms with E-state index in [4.69, 9.17) is 0 Å². The number of benzene rings is 2. The highest BCUT2D eigenvalue weighted by molar-refractivity contribution is 5.95. The Hall–Kier alpha value is -2.57. The van der Waals surface area contributed by atoms with Gasteiger partial charge in [0.05, 0.1) is 6.04 Å². The van der Waals surface area contributed by atoms with Crippen molar-refractivity contribution in [3.8, 4) is 5.75 Å². The normalized spacial score (nSPS) is 12.1. The number of hydrogen-bond acceptors (Lipinski definition) is 2. The molecule has 0 aliphatic rings. The van der Waals surface area contributed by atoms with Crippen LogP contribution in [-0.2, 0) is 0 Å². The van der Waals surface area contributed by atoms with Crippen molar-refractivity contribution in [2.75, 3.05) is 0 Å². The highest BCUT2D eigenvalue weighted by Crippen LogP contribution is 2.20. The van der Waals surface area contributed by atoms with Crippen LogP contribution in [0.4, 0.5) is 17.6 Å². The fraction of sp³-hybridized carbons (Fsp3) is 0.188. The minimum absolute atomic E-state index is 0.0255. The van der Waals surface area contributed by atoms with Gasteiger partial charge in [0, 0.05) is 0 Å². The van der Waals surface area contributed by atoms with Gasteiger partial charge in [-0.2, -0.15) is 8.78 Å². The van der Waals surface area contributed by atoms with Crippen LogP contribution in [-0.4, -0.2) is 12.5 Å². The highest BCUT2D eigenvalue weighted by atomic mass is 19.3. The van der Waals surface area contributed by atoms with Crippen molar-refractivity contribution in [2.45, 2.75) is 19.6 Å². The molecular weight excluding hydrogens is 314 g/mol. The molecule has 0 aliphatic carbocycles. The molecule has 0 saturated carbocycles. The van der Waals surface area contributed by atoms with Crippen molar-refractivity contribution < 1.29 is 27.1 Å². The van der Waals surface area contributed by atoms with Gasteiger partial charge >= 0.3 is 6.61 Å². The standard InChI is InChI=1S/C16H13F4NO2/c1-9(10-5-7-11(8-6-10)23-16(19)20)21-15(22)14-12(17)3-2-4-13(14)18/h2-9,16H,1H3,(H,21,22). The minimum atomic E-state index is -2.93. The first kappa shape index (κ1) is 16.8. The summed E-state index contributed by atoms with van der Waals surface area (Å²) in [4.78, 5) is 12.0. The van der Waals surface area contributed by atoms with Crippen LogP contribution >= 0.6 is 0 Å². The molecule has 0 spiro atoms. The molecule has 2 aromatic rings. The first-order valence-electron chi connectivity index (χ1n) is 6.68. The van der Waals surface area contributed by atoms with E-state index in [2.05, 4.69) is 10.1 Å². The van der Waals surface area contributed by atoms with Crippen molar-refractivity contribution >= 4 is 5.91 Å². The Morgan fingerprint density at radius 3 is 2.13 bits per heavy atom. The number of ether oxygens (including phenoxy) is 1. The van der Waals surface area contributed by atoms with E-state index in [0.717, 1.165) is 18.2 Å². The summed E-state index contributed by atoms with van der Waals surface area (Å²) in [5.74, 6) is -2.85. The van der Waals surface area contributed by atoms with Crippen molar-refractivity contribution in [1.82, 2.24) is 5.32 Å². The fourth-order valence-corrected chi connectivity index (χ4v) is 2.00. The quantitative estimate of drug-likeness (QED) is 0.841. The monoisotopic (exact) mass is 327 g/mol. The molecule has 1 atom stereocenters. The van der Waals surface area contributed by atoms with Gasteiger partial charge in [-0.25, -0.2) is 8.78 Å². The third kappa shape index (κ3) is 4.21. The first-order valence-corrected chi connectivity index (χ1v) is 6.68. The Labute approximate surface area is 129 Å². The predicted octanol–water partition coefficient (Wildman–Crippen LogP) is 4.06. The molecule has 122 valence electrons. The lowest BCUT2D eigenvalue weighted by molar-refractivity contribution is -0.0498. The van der Waals surface area contributed by atoms with Crippen LogP contribution in [0.5, 0.6) is 5.75 Å². The largest absolute Gasteiger partial charge is 0.435 e. The molecular formula is C16H13F4NO2. The molecule has 1 N–H and O–H groups in total. The number of hydrogen-bond donors (Lipinski definition) is 1. The van der Waals surface area contributed by atoms with Gasteiger partial charge in [-0.15, -0.1) is 0 Å². The fourth-order valence-electron chi connectivity index (χ4n) is 2.00. The number of carbonyl (C=O) groups is 1. The van der Waals surface area contributed by atoms with Crippen LogP contribution in [0.2, 0.25) is 0 Å². The van der Waals surface area contributed by atoms with E-state index in [9.17, 15) is 22.4 Å². The molecule has 0 bridgehead atoms. The van der Waals surface area contributed by atoms with Crippen LogP contribution in [0.15, 0.2) is 42.5 Å². The third-order valence-electron chi connectivity index (χ3n) is 3.14. The maximum atomic E-state index is 13.5. The number of nitrogens with one attached hydrogen (secondary N) is 1. The molecule has 1 unspecified atom stereocenters. The van der Waals surface area contributed by atoms with E-state index in [1.807, 2.05) is 0 Å². The van der Waals surface area contributed by atoms with E-state index in [1.165, 1.54) is 24.3 Å². The lowest BCUT2D eigenvalue weighted by Crippen LogP contribution is -2.28. The van der Waals surface area contributed by atoms with E-state index in [1.54, 1.807) is 6.92 Å². The molecule has 0 radical (unpaired) electrons. The molecule has 0 aliphatic heterocycles. The second-order valence-electron chi connectivity index (χ2n) is 4.74. The van der Waals surface area contributed by atoms with Gasteiger partial charge in [0.1, 0.15) is 22.9 Å². The summed E-state index contributed by atoms with van der Waals surface area (Å²) < 4.78 is 55.4. The molecule has 0 fully saturated rings. The molecule has 0 saturated heterocycles. The molecule has 23 heavy (non-hydrogen) atoms. The van der Waals surface area contributed by atoms with Gasteiger partial charge in [0.2, 0.25) is 0 Å². The number of halogens is 4. The summed E-state index contributed by atoms with van der Waals surface area (Å²) in [5.41, 5.74) is -0.103. The number of carbonyl (C=O) groups excluding carboxylic acids is 1. The zero-order valence-electron chi connectivity index (χ0n) is 12.0. The SMILES string of the molecule is CC(NC(=O)c1c(F)cccc1F)c1ccc(OC(F)F)cc1. The summed E-state index contributed by atoms with van der Waals surface area (Å²) in [7, 11) is 0. The molecule has 7 heteroatoms. The van der Waals surface area contributed by atoms with Crippen LogP contribution in [0.3, 0.4) is 0 Å². The summed E-state index contributed by atoms with van der Waals surface area (Å²) in [6.45, 7) is -1.33. The zero-order chi connectivity index (χ0) is 17.0. The van der Waals surface area contributed by atoms with E-state index >= 15 is 0 Å². The first-order chi connectivity index (χ1) is 10.9. The highest BCUT2D eigenvalue weighted by Gasteiger charge is 2.19. The van der Waals surface area contributed by atoms with Gasteiger partial charge in [-0.05, 0) is 36.8 Å². The Morgan fingerprint density at radius 1 is 1.04 bits per heavy atom. The third-order valence-corrected chi connectivity index (χ3v) is 3.14. The van der Waals surface area contributed by atoms with Crippen molar-refractivity contribution in [3.05, 3.63) is 65.2 Å². The molecule has 3 nitrogen and oxygen atoms in total. The minimum Gasteiger partial charge on any atom is -0.435 e. The zero-order valence-corrected chi connectivity index (χ0v) is 12.0. The Balaban J connectivity index is 2.09. The predicted molar refractivity (Wildman–Crippen MR) is 75.3 cm³/mol. The van der Waals surface area contributed by atoms with Crippen molar-refractivity contribution in [2.24, 2.45) is 0 Å². The summed E-state index contributed by atoms with van der Waals surface area (Å²) in [6.07, 6.45) is 0. The Morgan fingerprint density at radius 2 is 1.61 bits per heavy atom. The number of alkyl halides is 2. The van der Waals surface area contributed by atoms with Gasteiger partial charge in [0.25, 0.3) is 5.91 Å². The van der Waals surface area contributed by atoms with Gasteiger partial charge in [-0.1, -0.05) is 18.2 Å². The second-order valence-corrected chi connectivity index (χ2v) is 4.74. The van der Waals surface area contributed by atoms with Crippen LogP contribution in [0.25, 0.3) is 0 Å².